The lowest BCUT2D eigenvalue weighted by molar-refractivity contribution is 0.0995. The van der Waals surface area contributed by atoms with Gasteiger partial charge in [0.2, 0.25) is 0 Å². The number of halogens is 1. The van der Waals surface area contributed by atoms with Crippen molar-refractivity contribution in [3.63, 3.8) is 0 Å². The Morgan fingerprint density at radius 2 is 1.81 bits per heavy atom. The molecule has 0 unspecified atom stereocenters. The fourth-order valence-electron chi connectivity index (χ4n) is 3.70. The molecule has 162 valence electrons. The Morgan fingerprint density at radius 1 is 1.12 bits per heavy atom. The van der Waals surface area contributed by atoms with Crippen LogP contribution < -0.4 is 16.0 Å². The van der Waals surface area contributed by atoms with E-state index in [1.807, 2.05) is 0 Å². The molecule has 7 nitrogen and oxygen atoms in total. The molecule has 0 aliphatic carbocycles. The van der Waals surface area contributed by atoms with Crippen LogP contribution >= 0.6 is 0 Å². The number of hydrogen-bond acceptors (Lipinski definition) is 5. The molecule has 0 aliphatic rings. The molecule has 32 heavy (non-hydrogen) atoms. The maximum absolute atomic E-state index is 13.3. The number of fused-ring (bicyclic) bond motifs is 1. The van der Waals surface area contributed by atoms with E-state index in [2.05, 4.69) is 4.98 Å². The predicted octanol–water partition coefficient (Wildman–Crippen LogP) is 2.72. The lowest BCUT2D eigenvalue weighted by Crippen LogP contribution is -2.31. The molecule has 4 rings (SSSR count). The minimum Gasteiger partial charge on any atom is -0.497 e. The Morgan fingerprint density at radius 3 is 2.41 bits per heavy atom. The van der Waals surface area contributed by atoms with E-state index in [1.165, 1.54) is 23.8 Å². The number of rotatable bonds is 6. The van der Waals surface area contributed by atoms with Gasteiger partial charge in [-0.2, -0.15) is 0 Å². The van der Waals surface area contributed by atoms with Crippen molar-refractivity contribution in [2.45, 2.75) is 13.0 Å². The van der Waals surface area contributed by atoms with Crippen LogP contribution in [0, 0.1) is 5.82 Å². The van der Waals surface area contributed by atoms with Crippen LogP contribution in [0.2, 0.25) is 0 Å². The fourth-order valence-corrected chi connectivity index (χ4v) is 3.70. The first-order valence-electron chi connectivity index (χ1n) is 9.79. The van der Waals surface area contributed by atoms with Crippen molar-refractivity contribution in [1.29, 1.82) is 0 Å². The van der Waals surface area contributed by atoms with Crippen molar-refractivity contribution in [2.75, 3.05) is 7.11 Å². The van der Waals surface area contributed by atoms with Gasteiger partial charge in [-0.3, -0.25) is 19.1 Å². The highest BCUT2D eigenvalue weighted by Crippen LogP contribution is 2.24. The molecule has 0 fully saturated rings. The number of aromatic nitrogens is 2. The third-order valence-corrected chi connectivity index (χ3v) is 5.23. The predicted molar refractivity (Wildman–Crippen MR) is 118 cm³/mol. The second-order valence-electron chi connectivity index (χ2n) is 7.23. The van der Waals surface area contributed by atoms with Gasteiger partial charge < -0.3 is 15.6 Å². The van der Waals surface area contributed by atoms with E-state index in [4.69, 9.17) is 10.5 Å². The van der Waals surface area contributed by atoms with Crippen LogP contribution in [-0.4, -0.2) is 27.7 Å². The molecular weight excluding hydrogens is 413 g/mol. The average Bonchev–Trinajstić information content (AvgIpc) is 2.79. The molecular formula is C24H20FN3O4. The third kappa shape index (κ3) is 3.83. The number of amides is 1. The molecule has 0 bridgehead atoms. The largest absolute Gasteiger partial charge is 0.497 e. The maximum atomic E-state index is 13.3. The van der Waals surface area contributed by atoms with Gasteiger partial charge in [-0.15, -0.1) is 0 Å². The fraction of sp³-hybridized carbons (Fsp3) is 0.125. The van der Waals surface area contributed by atoms with E-state index in [0.29, 0.717) is 28.9 Å². The van der Waals surface area contributed by atoms with Crippen LogP contribution in [-0.2, 0) is 13.0 Å². The molecule has 1 amide bonds. The molecule has 2 aromatic carbocycles. The first-order valence-corrected chi connectivity index (χ1v) is 9.79. The SMILES string of the molecule is COc1ccc(-n2c(=O)c(C(N)=O)c(CO)c3ncc(Cc4ccc(F)cc4)cc32)cc1. The zero-order chi connectivity index (χ0) is 22.8. The summed E-state index contributed by atoms with van der Waals surface area (Å²) in [4.78, 5) is 29.8. The second kappa shape index (κ2) is 8.60. The number of nitrogens with two attached hydrogens (primary N) is 1. The molecule has 0 spiro atoms. The highest BCUT2D eigenvalue weighted by atomic mass is 19.1. The number of pyridine rings is 2. The standard InChI is InChI=1S/C24H20FN3O4/c1-32-18-8-6-17(7-9-18)28-20-11-15(10-14-2-4-16(25)5-3-14)12-27-22(20)19(13-29)21(23(26)30)24(28)31/h2-9,11-12,29H,10,13H2,1H3,(H2,26,30). The lowest BCUT2D eigenvalue weighted by Gasteiger charge is -2.16. The van der Waals surface area contributed by atoms with Gasteiger partial charge in [0.25, 0.3) is 11.5 Å². The molecule has 2 aromatic heterocycles. The molecule has 4 aromatic rings. The summed E-state index contributed by atoms with van der Waals surface area (Å²) in [5.74, 6) is -0.672. The molecule has 0 aliphatic heterocycles. The molecule has 0 atom stereocenters. The molecule has 0 saturated heterocycles. The van der Waals surface area contributed by atoms with Gasteiger partial charge in [0.15, 0.2) is 0 Å². The van der Waals surface area contributed by atoms with E-state index < -0.39 is 18.1 Å². The molecule has 2 heterocycles. The number of carbonyl (C=O) groups is 1. The zero-order valence-electron chi connectivity index (χ0n) is 17.2. The van der Waals surface area contributed by atoms with E-state index in [0.717, 1.165) is 11.1 Å². The normalized spacial score (nSPS) is 11.0. The summed E-state index contributed by atoms with van der Waals surface area (Å²) in [5, 5.41) is 9.90. The summed E-state index contributed by atoms with van der Waals surface area (Å²) in [6, 6.07) is 14.6. The summed E-state index contributed by atoms with van der Waals surface area (Å²) < 4.78 is 19.8. The van der Waals surface area contributed by atoms with Crippen molar-refractivity contribution in [3.8, 4) is 11.4 Å². The Kier molecular flexibility index (Phi) is 5.70. The van der Waals surface area contributed by atoms with Crippen LogP contribution in [0.3, 0.4) is 0 Å². The summed E-state index contributed by atoms with van der Waals surface area (Å²) in [6.45, 7) is -0.572. The van der Waals surface area contributed by atoms with Crippen molar-refractivity contribution in [2.24, 2.45) is 5.73 Å². The van der Waals surface area contributed by atoms with Crippen molar-refractivity contribution in [3.05, 3.63) is 99.2 Å². The van der Waals surface area contributed by atoms with Crippen LogP contribution in [0.15, 0.2) is 65.6 Å². The number of ether oxygens (including phenoxy) is 1. The summed E-state index contributed by atoms with van der Waals surface area (Å²) in [7, 11) is 1.53. The molecule has 8 heteroatoms. The van der Waals surface area contributed by atoms with Crippen molar-refractivity contribution >= 4 is 16.9 Å². The number of aliphatic hydroxyl groups excluding tert-OH is 1. The number of primary amides is 1. The minimum absolute atomic E-state index is 0.0793. The Bertz CT molecular complexity index is 1360. The number of hydrogen-bond donors (Lipinski definition) is 2. The molecule has 0 saturated carbocycles. The van der Waals surface area contributed by atoms with Gasteiger partial charge in [0.05, 0.1) is 24.8 Å². The maximum Gasteiger partial charge on any atom is 0.268 e. The van der Waals surface area contributed by atoms with E-state index in [1.54, 1.807) is 48.7 Å². The van der Waals surface area contributed by atoms with Crippen molar-refractivity contribution < 1.29 is 19.0 Å². The molecule has 3 N–H and O–H groups in total. The van der Waals surface area contributed by atoms with Crippen LogP contribution in [0.4, 0.5) is 4.39 Å². The Hall–Kier alpha value is -4.04. The first-order chi connectivity index (χ1) is 15.4. The monoisotopic (exact) mass is 433 g/mol. The summed E-state index contributed by atoms with van der Waals surface area (Å²) in [6.07, 6.45) is 2.05. The number of nitrogens with zero attached hydrogens (tertiary/aromatic N) is 2. The van der Waals surface area contributed by atoms with Gasteiger partial charge in [-0.05, 0) is 60.0 Å². The van der Waals surface area contributed by atoms with Gasteiger partial charge >= 0.3 is 0 Å². The number of carbonyl (C=O) groups excluding carboxylic acids is 1. The van der Waals surface area contributed by atoms with Gasteiger partial charge in [0.1, 0.15) is 17.1 Å². The average molecular weight is 433 g/mol. The van der Waals surface area contributed by atoms with E-state index in [9.17, 15) is 19.1 Å². The summed E-state index contributed by atoms with van der Waals surface area (Å²) in [5.41, 5.74) is 7.40. The topological polar surface area (TPSA) is 107 Å². The lowest BCUT2D eigenvalue weighted by atomic mass is 10.0. The smallest absolute Gasteiger partial charge is 0.268 e. The Labute approximate surface area is 182 Å². The third-order valence-electron chi connectivity index (χ3n) is 5.23. The van der Waals surface area contributed by atoms with Gasteiger partial charge in [0, 0.05) is 17.4 Å². The number of methoxy groups -OCH3 is 1. The first kappa shape index (κ1) is 21.2. The van der Waals surface area contributed by atoms with Crippen LogP contribution in [0.1, 0.15) is 27.0 Å². The zero-order valence-corrected chi connectivity index (χ0v) is 17.2. The molecule has 0 radical (unpaired) electrons. The number of benzene rings is 2. The van der Waals surface area contributed by atoms with Crippen molar-refractivity contribution in [1.82, 2.24) is 9.55 Å². The second-order valence-corrected chi connectivity index (χ2v) is 7.23. The van der Waals surface area contributed by atoms with Gasteiger partial charge in [-0.25, -0.2) is 4.39 Å². The quantitative estimate of drug-likeness (QED) is 0.486. The summed E-state index contributed by atoms with van der Waals surface area (Å²) >= 11 is 0. The number of aliphatic hydroxyl groups is 1. The Balaban J connectivity index is 1.98. The van der Waals surface area contributed by atoms with Crippen LogP contribution in [0.5, 0.6) is 5.75 Å². The highest BCUT2D eigenvalue weighted by Gasteiger charge is 2.22. The van der Waals surface area contributed by atoms with E-state index >= 15 is 0 Å². The van der Waals surface area contributed by atoms with E-state index in [-0.39, 0.29) is 16.9 Å². The van der Waals surface area contributed by atoms with Gasteiger partial charge in [-0.1, -0.05) is 12.1 Å². The minimum atomic E-state index is -0.944. The highest BCUT2D eigenvalue weighted by molar-refractivity contribution is 5.98. The van der Waals surface area contributed by atoms with Crippen LogP contribution in [0.25, 0.3) is 16.7 Å².